The number of nitrogens with one attached hydrogen (secondary N) is 1. The molecule has 1 fully saturated rings. The molecule has 0 aromatic carbocycles. The van der Waals surface area contributed by atoms with E-state index < -0.39 is 17.9 Å². The summed E-state index contributed by atoms with van der Waals surface area (Å²) in [6.07, 6.45) is 2.33. The molecule has 90 valence electrons. The lowest BCUT2D eigenvalue weighted by Crippen LogP contribution is -2.60. The van der Waals surface area contributed by atoms with Crippen molar-refractivity contribution >= 4 is 29.6 Å². The first-order valence-electron chi connectivity index (χ1n) is 5.19. The maximum absolute atomic E-state index is 11.9. The van der Waals surface area contributed by atoms with Crippen LogP contribution in [0.15, 0.2) is 0 Å². The van der Waals surface area contributed by atoms with Crippen LogP contribution in [0.1, 0.15) is 20.3 Å². The molecule has 0 aromatic heterocycles. The molecule has 1 saturated heterocycles. The first kappa shape index (κ1) is 13.0. The van der Waals surface area contributed by atoms with E-state index in [1.807, 2.05) is 6.26 Å². The maximum atomic E-state index is 11.9. The standard InChI is InChI=1S/C10H16N2O3S/c1-4-7-8(13)11-10(15)12(9(7)14)6(2)5-16-3/h6-7H,4-5H2,1-3H3,(H,11,13,15). The quantitative estimate of drug-likeness (QED) is 0.744. The summed E-state index contributed by atoms with van der Waals surface area (Å²) < 4.78 is 0. The summed E-state index contributed by atoms with van der Waals surface area (Å²) in [6, 6.07) is -0.786. The molecule has 1 aliphatic heterocycles. The summed E-state index contributed by atoms with van der Waals surface area (Å²) in [5.74, 6) is -0.908. The number of carbonyl (C=O) groups is 3. The van der Waals surface area contributed by atoms with Crippen molar-refractivity contribution in [3.05, 3.63) is 0 Å². The Hall–Kier alpha value is -1.04. The number of hydrogen-bond donors (Lipinski definition) is 1. The second kappa shape index (κ2) is 5.34. The van der Waals surface area contributed by atoms with Gasteiger partial charge in [0, 0.05) is 11.8 Å². The average Bonchev–Trinajstić information content (AvgIpc) is 2.17. The zero-order valence-electron chi connectivity index (χ0n) is 9.65. The molecule has 0 aromatic rings. The number of urea groups is 1. The van der Waals surface area contributed by atoms with Crippen LogP contribution in [-0.4, -0.2) is 40.8 Å². The largest absolute Gasteiger partial charge is 0.331 e. The fourth-order valence-corrected chi connectivity index (χ4v) is 2.36. The molecule has 2 atom stereocenters. The third-order valence-electron chi connectivity index (χ3n) is 2.56. The number of barbiturate groups is 1. The van der Waals surface area contributed by atoms with Crippen LogP contribution in [0.5, 0.6) is 0 Å². The van der Waals surface area contributed by atoms with Gasteiger partial charge in [0.15, 0.2) is 0 Å². The van der Waals surface area contributed by atoms with Gasteiger partial charge in [-0.3, -0.25) is 19.8 Å². The highest BCUT2D eigenvalue weighted by Crippen LogP contribution is 2.17. The van der Waals surface area contributed by atoms with Gasteiger partial charge in [-0.2, -0.15) is 11.8 Å². The minimum absolute atomic E-state index is 0.190. The Bertz CT molecular complexity index is 319. The Morgan fingerprint density at radius 3 is 2.56 bits per heavy atom. The summed E-state index contributed by atoms with van der Waals surface area (Å²) in [5, 5.41) is 2.22. The van der Waals surface area contributed by atoms with E-state index in [0.29, 0.717) is 12.2 Å². The lowest BCUT2D eigenvalue weighted by molar-refractivity contribution is -0.143. The van der Waals surface area contributed by atoms with Crippen molar-refractivity contribution in [2.75, 3.05) is 12.0 Å². The Morgan fingerprint density at radius 2 is 2.06 bits per heavy atom. The van der Waals surface area contributed by atoms with Crippen molar-refractivity contribution < 1.29 is 14.4 Å². The van der Waals surface area contributed by atoms with Gasteiger partial charge in [0.1, 0.15) is 5.92 Å². The molecule has 2 unspecified atom stereocenters. The van der Waals surface area contributed by atoms with Crippen molar-refractivity contribution in [2.45, 2.75) is 26.3 Å². The van der Waals surface area contributed by atoms with Crippen LogP contribution < -0.4 is 5.32 Å². The van der Waals surface area contributed by atoms with Gasteiger partial charge in [-0.1, -0.05) is 6.92 Å². The molecule has 16 heavy (non-hydrogen) atoms. The summed E-state index contributed by atoms with van der Waals surface area (Å²) >= 11 is 1.56. The van der Waals surface area contributed by atoms with Gasteiger partial charge in [0.05, 0.1) is 0 Å². The third kappa shape index (κ3) is 2.37. The Kier molecular flexibility index (Phi) is 4.35. The van der Waals surface area contributed by atoms with Crippen LogP contribution in [0.3, 0.4) is 0 Å². The molecule has 0 aliphatic carbocycles. The maximum Gasteiger partial charge on any atom is 0.331 e. The first-order chi connectivity index (χ1) is 7.52. The van der Waals surface area contributed by atoms with Crippen molar-refractivity contribution in [1.82, 2.24) is 10.2 Å². The van der Waals surface area contributed by atoms with Crippen LogP contribution >= 0.6 is 11.8 Å². The zero-order valence-corrected chi connectivity index (χ0v) is 10.5. The van der Waals surface area contributed by atoms with Gasteiger partial charge in [-0.05, 0) is 19.6 Å². The smallest absolute Gasteiger partial charge is 0.277 e. The van der Waals surface area contributed by atoms with E-state index in [4.69, 9.17) is 0 Å². The summed E-state index contributed by atoms with van der Waals surface area (Å²) in [5.41, 5.74) is 0. The van der Waals surface area contributed by atoms with Gasteiger partial charge in [0.25, 0.3) is 0 Å². The number of hydrogen-bond acceptors (Lipinski definition) is 4. The van der Waals surface area contributed by atoms with Crippen molar-refractivity contribution in [2.24, 2.45) is 5.92 Å². The zero-order chi connectivity index (χ0) is 12.3. The van der Waals surface area contributed by atoms with Crippen LogP contribution in [0.25, 0.3) is 0 Å². The summed E-state index contributed by atoms with van der Waals surface area (Å²) in [7, 11) is 0. The van der Waals surface area contributed by atoms with E-state index in [1.54, 1.807) is 25.6 Å². The first-order valence-corrected chi connectivity index (χ1v) is 6.59. The van der Waals surface area contributed by atoms with Crippen LogP contribution in [0.2, 0.25) is 0 Å². The predicted octanol–water partition coefficient (Wildman–Crippen LogP) is 0.842. The van der Waals surface area contributed by atoms with E-state index in [-0.39, 0.29) is 11.9 Å². The van der Waals surface area contributed by atoms with Crippen LogP contribution in [-0.2, 0) is 9.59 Å². The summed E-state index contributed by atoms with van der Waals surface area (Å²) in [4.78, 5) is 36.0. The molecular formula is C10H16N2O3S. The predicted molar refractivity (Wildman–Crippen MR) is 62.0 cm³/mol. The fraction of sp³-hybridized carbons (Fsp3) is 0.700. The molecule has 1 heterocycles. The molecule has 1 rings (SSSR count). The number of nitrogens with zero attached hydrogens (tertiary/aromatic N) is 1. The molecule has 0 spiro atoms. The molecule has 0 bridgehead atoms. The lowest BCUT2D eigenvalue weighted by atomic mass is 10.0. The second-order valence-electron chi connectivity index (χ2n) is 3.77. The monoisotopic (exact) mass is 244 g/mol. The molecule has 6 heteroatoms. The van der Waals surface area contributed by atoms with Crippen molar-refractivity contribution in [3.63, 3.8) is 0 Å². The summed E-state index contributed by atoms with van der Waals surface area (Å²) in [6.45, 7) is 3.56. The van der Waals surface area contributed by atoms with Crippen LogP contribution in [0, 0.1) is 5.92 Å². The average molecular weight is 244 g/mol. The van der Waals surface area contributed by atoms with Gasteiger partial charge in [-0.25, -0.2) is 4.79 Å². The van der Waals surface area contributed by atoms with Gasteiger partial charge < -0.3 is 0 Å². The van der Waals surface area contributed by atoms with E-state index in [9.17, 15) is 14.4 Å². The highest BCUT2D eigenvalue weighted by molar-refractivity contribution is 7.98. The van der Waals surface area contributed by atoms with Crippen molar-refractivity contribution in [3.8, 4) is 0 Å². The number of amides is 4. The van der Waals surface area contributed by atoms with Gasteiger partial charge in [0.2, 0.25) is 11.8 Å². The molecule has 0 radical (unpaired) electrons. The fourth-order valence-electron chi connectivity index (χ4n) is 1.73. The normalized spacial score (nSPS) is 23.3. The Balaban J connectivity index is 2.87. The number of thioether (sulfide) groups is 1. The molecule has 4 amide bonds. The SMILES string of the molecule is CCC1C(=O)NC(=O)N(C(C)CSC)C1=O. The van der Waals surface area contributed by atoms with E-state index in [0.717, 1.165) is 4.90 Å². The highest BCUT2D eigenvalue weighted by Gasteiger charge is 2.41. The number of carbonyl (C=O) groups excluding carboxylic acids is 3. The van der Waals surface area contributed by atoms with Crippen molar-refractivity contribution in [1.29, 1.82) is 0 Å². The number of rotatable bonds is 4. The molecular weight excluding hydrogens is 228 g/mol. The van der Waals surface area contributed by atoms with Crippen LogP contribution in [0.4, 0.5) is 4.79 Å². The van der Waals surface area contributed by atoms with E-state index in [1.165, 1.54) is 0 Å². The topological polar surface area (TPSA) is 66.5 Å². The van der Waals surface area contributed by atoms with E-state index in [2.05, 4.69) is 5.32 Å². The Morgan fingerprint density at radius 1 is 1.44 bits per heavy atom. The minimum Gasteiger partial charge on any atom is -0.277 e. The molecule has 5 nitrogen and oxygen atoms in total. The second-order valence-corrected chi connectivity index (χ2v) is 4.68. The molecule has 1 N–H and O–H groups in total. The lowest BCUT2D eigenvalue weighted by Gasteiger charge is -2.33. The molecule has 1 aliphatic rings. The Labute approximate surface area is 98.9 Å². The van der Waals surface area contributed by atoms with Gasteiger partial charge >= 0.3 is 6.03 Å². The third-order valence-corrected chi connectivity index (χ3v) is 3.37. The van der Waals surface area contributed by atoms with E-state index >= 15 is 0 Å². The minimum atomic E-state index is -0.720. The molecule has 0 saturated carbocycles. The number of imide groups is 2. The van der Waals surface area contributed by atoms with Gasteiger partial charge in [-0.15, -0.1) is 0 Å². The highest BCUT2D eigenvalue weighted by atomic mass is 32.2.